The van der Waals surface area contributed by atoms with Crippen LogP contribution in [0.2, 0.25) is 0 Å². The zero-order chi connectivity index (χ0) is 27.9. The second-order valence-corrected chi connectivity index (χ2v) is 10.6. The van der Waals surface area contributed by atoms with Gasteiger partial charge in [0, 0.05) is 11.6 Å². The number of carboxylic acid groups (broad SMARTS) is 1. The molecule has 38 heavy (non-hydrogen) atoms. The molecule has 1 aliphatic heterocycles. The van der Waals surface area contributed by atoms with E-state index in [-0.39, 0.29) is 11.6 Å². The lowest BCUT2D eigenvalue weighted by atomic mass is 9.95. The summed E-state index contributed by atoms with van der Waals surface area (Å²) >= 11 is 0. The SMILES string of the molecule is CC(N[P@@](=O)(OC[C@@]1(F)O[C@@H](n2ccc(N)nc2=O)[C@](C)(O)[C@@H]1O)Oc1cccc2ccccc12)C(=O)O. The maximum Gasteiger partial charge on any atom is 0.459 e. The number of aromatic nitrogens is 2. The van der Waals surface area contributed by atoms with Crippen molar-refractivity contribution >= 4 is 30.3 Å². The second kappa shape index (κ2) is 10.1. The van der Waals surface area contributed by atoms with Gasteiger partial charge in [0.2, 0.25) is 0 Å². The maximum absolute atomic E-state index is 15.9. The highest BCUT2D eigenvalue weighted by Gasteiger charge is 2.64. The summed E-state index contributed by atoms with van der Waals surface area (Å²) in [6.45, 7) is 0.890. The Hall–Kier alpha value is -3.39. The normalized spacial score (nSPS) is 27.6. The summed E-state index contributed by atoms with van der Waals surface area (Å²) in [7, 11) is -4.67. The van der Waals surface area contributed by atoms with E-state index < -0.39 is 55.8 Å². The van der Waals surface area contributed by atoms with Crippen LogP contribution in [0.4, 0.5) is 10.2 Å². The van der Waals surface area contributed by atoms with Crippen LogP contribution in [0.25, 0.3) is 10.8 Å². The first-order chi connectivity index (χ1) is 17.8. The molecule has 13 nitrogen and oxygen atoms in total. The topological polar surface area (TPSA) is 195 Å². The van der Waals surface area contributed by atoms with Gasteiger partial charge in [0.15, 0.2) is 6.23 Å². The number of hydrogen-bond donors (Lipinski definition) is 5. The summed E-state index contributed by atoms with van der Waals surface area (Å²) in [6, 6.07) is 11.4. The number of nitrogens with two attached hydrogens (primary N) is 1. The summed E-state index contributed by atoms with van der Waals surface area (Å²) in [4.78, 5) is 27.2. The summed E-state index contributed by atoms with van der Waals surface area (Å²) in [5, 5.41) is 34.2. The lowest BCUT2D eigenvalue weighted by molar-refractivity contribution is -0.203. The Kier molecular flexibility index (Phi) is 7.32. The van der Waals surface area contributed by atoms with E-state index in [4.69, 9.17) is 19.5 Å². The molecule has 0 saturated carbocycles. The van der Waals surface area contributed by atoms with E-state index in [9.17, 15) is 29.5 Å². The molecule has 0 bridgehead atoms. The quantitative estimate of drug-likeness (QED) is 0.241. The Morgan fingerprint density at radius 1 is 1.32 bits per heavy atom. The van der Waals surface area contributed by atoms with Crippen LogP contribution in [0.5, 0.6) is 5.75 Å². The zero-order valence-corrected chi connectivity index (χ0v) is 21.1. The fraction of sp³-hybridized carbons (Fsp3) is 0.348. The number of carbonyl (C=O) groups is 1. The maximum atomic E-state index is 15.9. The van der Waals surface area contributed by atoms with Gasteiger partial charge in [-0.2, -0.15) is 10.1 Å². The molecule has 1 unspecified atom stereocenters. The molecule has 0 radical (unpaired) electrons. The van der Waals surface area contributed by atoms with Crippen LogP contribution < -0.4 is 21.0 Å². The molecule has 204 valence electrons. The Morgan fingerprint density at radius 2 is 2.00 bits per heavy atom. The van der Waals surface area contributed by atoms with Gasteiger partial charge in [0.25, 0.3) is 5.85 Å². The lowest BCUT2D eigenvalue weighted by Crippen LogP contribution is -2.50. The molecule has 15 heteroatoms. The number of halogens is 1. The number of fused-ring (bicyclic) bond motifs is 1. The molecule has 1 saturated heterocycles. The number of rotatable bonds is 9. The van der Waals surface area contributed by atoms with E-state index in [0.717, 1.165) is 24.6 Å². The molecule has 1 fully saturated rings. The fourth-order valence-electron chi connectivity index (χ4n) is 3.96. The van der Waals surface area contributed by atoms with Crippen LogP contribution in [-0.4, -0.2) is 61.0 Å². The third-order valence-corrected chi connectivity index (χ3v) is 7.60. The highest BCUT2D eigenvalue weighted by atomic mass is 31.2. The number of aliphatic carboxylic acids is 1. The molecule has 0 aliphatic carbocycles. The van der Waals surface area contributed by atoms with Crippen molar-refractivity contribution in [2.75, 3.05) is 12.3 Å². The number of nitrogens with one attached hydrogen (secondary N) is 1. The average Bonchev–Trinajstić information content (AvgIpc) is 3.03. The van der Waals surface area contributed by atoms with Gasteiger partial charge >= 0.3 is 19.4 Å². The van der Waals surface area contributed by atoms with Crippen LogP contribution in [-0.2, 0) is 18.6 Å². The highest BCUT2D eigenvalue weighted by molar-refractivity contribution is 7.52. The van der Waals surface area contributed by atoms with E-state index in [1.807, 2.05) is 0 Å². The van der Waals surface area contributed by atoms with Crippen LogP contribution in [0.15, 0.2) is 59.5 Å². The minimum Gasteiger partial charge on any atom is -0.480 e. The van der Waals surface area contributed by atoms with Crippen molar-refractivity contribution in [3.05, 3.63) is 65.2 Å². The fourth-order valence-corrected chi connectivity index (χ4v) is 5.49. The van der Waals surface area contributed by atoms with Gasteiger partial charge in [-0.05, 0) is 31.4 Å². The van der Waals surface area contributed by atoms with E-state index in [1.165, 1.54) is 12.1 Å². The number of hydrogen-bond acceptors (Lipinski definition) is 10. The van der Waals surface area contributed by atoms with Gasteiger partial charge in [-0.15, -0.1) is 0 Å². The molecular weight excluding hydrogens is 526 g/mol. The van der Waals surface area contributed by atoms with Gasteiger partial charge < -0.3 is 30.3 Å². The number of aliphatic hydroxyl groups excluding tert-OH is 1. The third-order valence-electron chi connectivity index (χ3n) is 6.00. The Morgan fingerprint density at radius 3 is 2.68 bits per heavy atom. The van der Waals surface area contributed by atoms with Crippen LogP contribution in [0, 0.1) is 0 Å². The van der Waals surface area contributed by atoms with Gasteiger partial charge in [-0.1, -0.05) is 36.4 Å². The van der Waals surface area contributed by atoms with Gasteiger partial charge in [-0.3, -0.25) is 13.9 Å². The standard InChI is InChI=1S/C23H26FN4O9P/c1-13(18(29)30)27-38(34,37-16-9-5-7-14-6-3-4-8-15(14)16)35-12-23(24)19(31)22(2,33)20(36-23)28-11-10-17(25)26-21(28)32/h3-11,13,19-20,31,33H,12H2,1-2H3,(H,27,34)(H,29,30)(H2,25,26,32)/t13?,19-,20+,22+,23+,38+/m0/s1. The molecule has 6 N–H and O–H groups in total. The first kappa shape index (κ1) is 27.6. The van der Waals surface area contributed by atoms with E-state index in [2.05, 4.69) is 10.1 Å². The van der Waals surface area contributed by atoms with Gasteiger partial charge in [-0.25, -0.2) is 13.8 Å². The summed E-state index contributed by atoms with van der Waals surface area (Å²) in [5.74, 6) is -4.72. The summed E-state index contributed by atoms with van der Waals surface area (Å²) < 4.78 is 46.4. The summed E-state index contributed by atoms with van der Waals surface area (Å²) in [6.07, 6.45) is -3.00. The van der Waals surface area contributed by atoms with Crippen molar-refractivity contribution in [3.8, 4) is 5.75 Å². The zero-order valence-electron chi connectivity index (χ0n) is 20.2. The molecule has 1 aromatic heterocycles. The highest BCUT2D eigenvalue weighted by Crippen LogP contribution is 2.51. The first-order valence-corrected chi connectivity index (χ1v) is 12.8. The number of alkyl halides is 1. The Bertz CT molecular complexity index is 1460. The number of nitrogen functional groups attached to an aromatic ring is 1. The number of nitrogens with zero attached hydrogens (tertiary/aromatic N) is 2. The minimum absolute atomic E-state index is 0.0432. The predicted octanol–water partition coefficient (Wildman–Crippen LogP) is 1.55. The van der Waals surface area contributed by atoms with E-state index in [0.29, 0.717) is 10.8 Å². The Balaban J connectivity index is 1.64. The van der Waals surface area contributed by atoms with Gasteiger partial charge in [0.05, 0.1) is 0 Å². The van der Waals surface area contributed by atoms with Crippen molar-refractivity contribution in [3.63, 3.8) is 0 Å². The number of anilines is 1. The van der Waals surface area contributed by atoms with Crippen molar-refractivity contribution in [1.29, 1.82) is 0 Å². The average molecular weight is 552 g/mol. The Labute approximate surface area is 215 Å². The molecule has 0 amide bonds. The first-order valence-electron chi connectivity index (χ1n) is 11.3. The molecule has 4 rings (SSSR count). The number of aliphatic hydroxyl groups is 2. The lowest BCUT2D eigenvalue weighted by Gasteiger charge is -2.29. The van der Waals surface area contributed by atoms with Crippen molar-refractivity contribution in [1.82, 2.24) is 14.6 Å². The smallest absolute Gasteiger partial charge is 0.459 e. The van der Waals surface area contributed by atoms with Crippen molar-refractivity contribution in [2.24, 2.45) is 0 Å². The molecule has 6 atom stereocenters. The molecule has 3 aromatic rings. The van der Waals surface area contributed by atoms with Gasteiger partial charge in [0.1, 0.15) is 35.9 Å². The van der Waals surface area contributed by atoms with Crippen molar-refractivity contribution in [2.45, 2.75) is 43.7 Å². The number of carboxylic acids is 1. The molecule has 1 aliphatic rings. The van der Waals surface area contributed by atoms with E-state index in [1.54, 1.807) is 36.4 Å². The van der Waals surface area contributed by atoms with Crippen LogP contribution >= 0.6 is 7.75 Å². The number of ether oxygens (including phenoxy) is 1. The molecule has 2 heterocycles. The monoisotopic (exact) mass is 552 g/mol. The third kappa shape index (κ3) is 5.27. The predicted molar refractivity (Wildman–Crippen MR) is 132 cm³/mol. The number of benzene rings is 2. The second-order valence-electron chi connectivity index (χ2n) is 8.96. The van der Waals surface area contributed by atoms with Crippen LogP contribution in [0.1, 0.15) is 20.1 Å². The largest absolute Gasteiger partial charge is 0.480 e. The van der Waals surface area contributed by atoms with Crippen molar-refractivity contribution < 1.29 is 42.9 Å². The van der Waals surface area contributed by atoms with Crippen LogP contribution in [0.3, 0.4) is 0 Å². The molecular formula is C23H26FN4O9P. The molecule has 2 aromatic carbocycles. The minimum atomic E-state index is -4.67. The summed E-state index contributed by atoms with van der Waals surface area (Å²) in [5.41, 5.74) is 2.09. The van der Waals surface area contributed by atoms with E-state index >= 15 is 4.39 Å². The molecule has 0 spiro atoms.